The van der Waals surface area contributed by atoms with Crippen LogP contribution >= 0.6 is 0 Å². The molecular formula is C24H26FNO. The summed E-state index contributed by atoms with van der Waals surface area (Å²) in [6, 6.07) is 17.3. The minimum Gasteiger partial charge on any atom is -0.494 e. The second-order valence-corrected chi connectivity index (χ2v) is 6.72. The molecule has 0 aliphatic carbocycles. The zero-order chi connectivity index (χ0) is 19.1. The van der Waals surface area contributed by atoms with E-state index in [2.05, 4.69) is 18.8 Å². The van der Waals surface area contributed by atoms with Gasteiger partial charge < -0.3 is 4.74 Å². The first kappa shape index (κ1) is 19.1. The normalized spacial score (nSPS) is 10.8. The summed E-state index contributed by atoms with van der Waals surface area (Å²) >= 11 is 0. The van der Waals surface area contributed by atoms with Crippen molar-refractivity contribution < 1.29 is 9.13 Å². The number of hydrogen-bond acceptors (Lipinski definition) is 2. The molecule has 0 saturated heterocycles. The minimum atomic E-state index is -0.213. The van der Waals surface area contributed by atoms with Crippen molar-refractivity contribution in [3.63, 3.8) is 0 Å². The Bertz CT molecular complexity index is 857. The van der Waals surface area contributed by atoms with Crippen LogP contribution in [0.25, 0.3) is 22.4 Å². The van der Waals surface area contributed by atoms with E-state index in [9.17, 15) is 4.39 Å². The summed E-state index contributed by atoms with van der Waals surface area (Å²) in [5.41, 5.74) is 4.29. The van der Waals surface area contributed by atoms with Crippen LogP contribution in [-0.4, -0.2) is 11.6 Å². The molecule has 1 heterocycles. The lowest BCUT2D eigenvalue weighted by molar-refractivity contribution is 0.309. The van der Waals surface area contributed by atoms with Gasteiger partial charge >= 0.3 is 0 Å². The van der Waals surface area contributed by atoms with Crippen molar-refractivity contribution in [2.45, 2.75) is 39.5 Å². The molecule has 1 aromatic heterocycles. The molecule has 0 amide bonds. The van der Waals surface area contributed by atoms with Crippen LogP contribution in [0.15, 0.2) is 60.8 Å². The van der Waals surface area contributed by atoms with E-state index in [0.29, 0.717) is 11.3 Å². The second-order valence-electron chi connectivity index (χ2n) is 6.72. The highest BCUT2D eigenvalue weighted by Gasteiger charge is 2.08. The molecule has 3 aromatic rings. The van der Waals surface area contributed by atoms with Gasteiger partial charge in [-0.15, -0.1) is 0 Å². The number of rotatable bonds is 8. The van der Waals surface area contributed by atoms with Crippen molar-refractivity contribution in [1.29, 1.82) is 0 Å². The highest BCUT2D eigenvalue weighted by Crippen LogP contribution is 2.26. The molecule has 3 heteroatoms. The standard InChI is InChI=1S/C24H26FNO/c1-3-5-15-27-21-11-8-19(9-12-21)20-10-14-24(26-17-20)22-13-7-18(6-4-2)16-23(22)25/h7-14,16-17H,3-6,15H2,1-2H3. The highest BCUT2D eigenvalue weighted by atomic mass is 19.1. The van der Waals surface area contributed by atoms with Crippen molar-refractivity contribution >= 4 is 0 Å². The number of hydrogen-bond donors (Lipinski definition) is 0. The van der Waals surface area contributed by atoms with Crippen LogP contribution < -0.4 is 4.74 Å². The topological polar surface area (TPSA) is 22.1 Å². The molecule has 0 radical (unpaired) electrons. The number of halogens is 1. The lowest BCUT2D eigenvalue weighted by Crippen LogP contribution is -1.96. The van der Waals surface area contributed by atoms with E-state index in [1.54, 1.807) is 12.3 Å². The lowest BCUT2D eigenvalue weighted by Gasteiger charge is -2.08. The SMILES string of the molecule is CCCCOc1ccc(-c2ccc(-c3ccc(CCC)cc3F)nc2)cc1. The van der Waals surface area contributed by atoms with Gasteiger partial charge in [-0.3, -0.25) is 4.98 Å². The van der Waals surface area contributed by atoms with Gasteiger partial charge in [-0.1, -0.05) is 51.0 Å². The Hall–Kier alpha value is -2.68. The van der Waals surface area contributed by atoms with Crippen molar-refractivity contribution in [1.82, 2.24) is 4.98 Å². The number of unbranched alkanes of at least 4 members (excludes halogenated alkanes) is 1. The summed E-state index contributed by atoms with van der Waals surface area (Å²) in [4.78, 5) is 4.47. The Morgan fingerprint density at radius 2 is 1.67 bits per heavy atom. The predicted molar refractivity (Wildman–Crippen MR) is 109 cm³/mol. The Balaban J connectivity index is 1.73. The van der Waals surface area contributed by atoms with Gasteiger partial charge in [0.1, 0.15) is 11.6 Å². The molecule has 0 bridgehead atoms. The summed E-state index contributed by atoms with van der Waals surface area (Å²) in [5, 5.41) is 0. The third-order valence-electron chi connectivity index (χ3n) is 4.57. The molecule has 0 fully saturated rings. The molecule has 27 heavy (non-hydrogen) atoms. The predicted octanol–water partition coefficient (Wildman–Crippen LogP) is 6.69. The van der Waals surface area contributed by atoms with Gasteiger partial charge in [-0.25, -0.2) is 4.39 Å². The van der Waals surface area contributed by atoms with Crippen molar-refractivity contribution in [2.24, 2.45) is 0 Å². The van der Waals surface area contributed by atoms with Crippen molar-refractivity contribution in [2.75, 3.05) is 6.61 Å². The molecule has 140 valence electrons. The number of nitrogens with zero attached hydrogens (tertiary/aromatic N) is 1. The Morgan fingerprint density at radius 1 is 0.889 bits per heavy atom. The van der Waals surface area contributed by atoms with Gasteiger partial charge in [0.2, 0.25) is 0 Å². The first-order valence-corrected chi connectivity index (χ1v) is 9.69. The van der Waals surface area contributed by atoms with Gasteiger partial charge in [0.05, 0.1) is 12.3 Å². The van der Waals surface area contributed by atoms with Crippen molar-refractivity contribution in [3.05, 3.63) is 72.2 Å². The third-order valence-corrected chi connectivity index (χ3v) is 4.57. The van der Waals surface area contributed by atoms with Gasteiger partial charge in [-0.2, -0.15) is 0 Å². The molecule has 2 nitrogen and oxygen atoms in total. The number of pyridine rings is 1. The van der Waals surface area contributed by atoms with Crippen LogP contribution in [0.2, 0.25) is 0 Å². The molecule has 0 spiro atoms. The molecule has 2 aromatic carbocycles. The number of benzene rings is 2. The Kier molecular flexibility index (Phi) is 6.59. The molecule has 0 atom stereocenters. The molecular weight excluding hydrogens is 337 g/mol. The quantitative estimate of drug-likeness (QED) is 0.416. The van der Waals surface area contributed by atoms with Gasteiger partial charge in [0, 0.05) is 17.3 Å². The summed E-state index contributed by atoms with van der Waals surface area (Å²) < 4.78 is 20.1. The van der Waals surface area contributed by atoms with Crippen LogP contribution in [0, 0.1) is 5.82 Å². The average molecular weight is 363 g/mol. The molecule has 0 aliphatic heterocycles. The van der Waals surface area contributed by atoms with Crippen LogP contribution in [0.3, 0.4) is 0 Å². The summed E-state index contributed by atoms with van der Waals surface area (Å²) in [6.45, 7) is 4.99. The monoisotopic (exact) mass is 363 g/mol. The van der Waals surface area contributed by atoms with E-state index in [1.165, 1.54) is 0 Å². The second kappa shape index (κ2) is 9.31. The smallest absolute Gasteiger partial charge is 0.132 e. The van der Waals surface area contributed by atoms with Crippen LogP contribution in [-0.2, 0) is 6.42 Å². The zero-order valence-corrected chi connectivity index (χ0v) is 16.0. The maximum Gasteiger partial charge on any atom is 0.132 e. The van der Waals surface area contributed by atoms with Crippen LogP contribution in [0.5, 0.6) is 5.75 Å². The maximum absolute atomic E-state index is 14.4. The van der Waals surface area contributed by atoms with E-state index in [0.717, 1.165) is 54.7 Å². The number of aryl methyl sites for hydroxylation is 1. The fourth-order valence-corrected chi connectivity index (χ4v) is 3.01. The summed E-state index contributed by atoms with van der Waals surface area (Å²) in [6.07, 6.45) is 5.87. The van der Waals surface area contributed by atoms with E-state index in [4.69, 9.17) is 4.74 Å². The highest BCUT2D eigenvalue weighted by molar-refractivity contribution is 5.67. The zero-order valence-electron chi connectivity index (χ0n) is 16.0. The van der Waals surface area contributed by atoms with E-state index < -0.39 is 0 Å². The Morgan fingerprint density at radius 3 is 2.30 bits per heavy atom. The molecule has 0 saturated carbocycles. The summed E-state index contributed by atoms with van der Waals surface area (Å²) in [5.74, 6) is 0.667. The summed E-state index contributed by atoms with van der Waals surface area (Å²) in [7, 11) is 0. The van der Waals surface area contributed by atoms with Gasteiger partial charge in [0.15, 0.2) is 0 Å². The fourth-order valence-electron chi connectivity index (χ4n) is 3.01. The first-order valence-electron chi connectivity index (χ1n) is 9.69. The fraction of sp³-hybridized carbons (Fsp3) is 0.292. The number of ether oxygens (including phenoxy) is 1. The molecule has 3 rings (SSSR count). The van der Waals surface area contributed by atoms with E-state index in [1.807, 2.05) is 48.5 Å². The Labute approximate surface area is 161 Å². The van der Waals surface area contributed by atoms with Crippen molar-refractivity contribution in [3.8, 4) is 28.1 Å². The number of aromatic nitrogens is 1. The van der Waals surface area contributed by atoms with E-state index >= 15 is 0 Å². The van der Waals surface area contributed by atoms with Crippen LogP contribution in [0.1, 0.15) is 38.7 Å². The average Bonchev–Trinajstić information content (AvgIpc) is 2.69. The third kappa shape index (κ3) is 4.94. The van der Waals surface area contributed by atoms with Crippen LogP contribution in [0.4, 0.5) is 4.39 Å². The maximum atomic E-state index is 14.4. The minimum absolute atomic E-state index is 0.213. The molecule has 0 aliphatic rings. The molecule has 0 N–H and O–H groups in total. The first-order chi connectivity index (χ1) is 13.2. The lowest BCUT2D eigenvalue weighted by atomic mass is 10.0. The molecule has 0 unspecified atom stereocenters. The van der Waals surface area contributed by atoms with Gasteiger partial charge in [0.25, 0.3) is 0 Å². The van der Waals surface area contributed by atoms with Gasteiger partial charge in [-0.05, 0) is 54.3 Å². The van der Waals surface area contributed by atoms with E-state index in [-0.39, 0.29) is 5.82 Å². The largest absolute Gasteiger partial charge is 0.494 e.